The number of nitrogens with zero attached hydrogens (tertiary/aromatic N) is 2. The van der Waals surface area contributed by atoms with E-state index in [2.05, 4.69) is 0 Å². The fourth-order valence-corrected chi connectivity index (χ4v) is 5.80. The van der Waals surface area contributed by atoms with Gasteiger partial charge in [-0.05, 0) is 66.6 Å². The summed E-state index contributed by atoms with van der Waals surface area (Å²) < 4.78 is 6.13. The van der Waals surface area contributed by atoms with Gasteiger partial charge >= 0.3 is 0 Å². The Morgan fingerprint density at radius 3 is 2.50 bits per heavy atom. The van der Waals surface area contributed by atoms with Gasteiger partial charge in [-0.25, -0.2) is 0 Å². The van der Waals surface area contributed by atoms with E-state index < -0.39 is 17.4 Å². The van der Waals surface area contributed by atoms with Crippen LogP contribution in [0.5, 0.6) is 11.5 Å². The number of amides is 2. The first-order chi connectivity index (χ1) is 20.3. The van der Waals surface area contributed by atoms with Crippen LogP contribution in [-0.2, 0) is 16.9 Å². The lowest BCUT2D eigenvalue weighted by Crippen LogP contribution is -2.44. The molecule has 0 unspecified atom stereocenters. The number of carbonyl (C=O) groups is 2. The molecule has 8 heteroatoms. The van der Waals surface area contributed by atoms with E-state index in [1.807, 2.05) is 54.6 Å². The van der Waals surface area contributed by atoms with Gasteiger partial charge in [-0.1, -0.05) is 67.1 Å². The average molecular weight is 581 g/mol. The van der Waals surface area contributed by atoms with Crippen molar-refractivity contribution >= 4 is 40.5 Å². The van der Waals surface area contributed by atoms with Crippen LogP contribution in [0.3, 0.4) is 0 Å². The Kier molecular flexibility index (Phi) is 7.33. The molecule has 0 bridgehead atoms. The average Bonchev–Trinajstić information content (AvgIpc) is 3.12. The molecule has 42 heavy (non-hydrogen) atoms. The van der Waals surface area contributed by atoms with Crippen molar-refractivity contribution in [2.75, 3.05) is 16.4 Å². The van der Waals surface area contributed by atoms with E-state index in [4.69, 9.17) is 16.3 Å². The van der Waals surface area contributed by atoms with Crippen molar-refractivity contribution in [3.63, 3.8) is 0 Å². The maximum atomic E-state index is 13.9. The van der Waals surface area contributed by atoms with Crippen LogP contribution in [0.2, 0.25) is 5.02 Å². The lowest BCUT2D eigenvalue weighted by Gasteiger charge is -2.28. The monoisotopic (exact) mass is 580 g/mol. The van der Waals surface area contributed by atoms with Crippen molar-refractivity contribution in [2.45, 2.75) is 25.5 Å². The summed E-state index contributed by atoms with van der Waals surface area (Å²) in [6, 6.07) is 27.0. The quantitative estimate of drug-likeness (QED) is 0.236. The van der Waals surface area contributed by atoms with Crippen molar-refractivity contribution < 1.29 is 24.5 Å². The van der Waals surface area contributed by atoms with Crippen LogP contribution in [0.1, 0.15) is 34.8 Å². The molecule has 2 atom stereocenters. The van der Waals surface area contributed by atoms with Gasteiger partial charge < -0.3 is 19.8 Å². The molecule has 212 valence electrons. The molecule has 2 amide bonds. The molecule has 2 heterocycles. The van der Waals surface area contributed by atoms with Crippen LogP contribution in [0.25, 0.3) is 0 Å². The van der Waals surface area contributed by atoms with E-state index in [1.54, 1.807) is 65.3 Å². The van der Waals surface area contributed by atoms with E-state index in [0.717, 1.165) is 5.56 Å². The Hall–Kier alpha value is -4.43. The minimum Gasteiger partial charge on any atom is -0.454 e. The molecular formula is C34H29ClN2O5. The van der Waals surface area contributed by atoms with Crippen LogP contribution in [0.4, 0.5) is 17.1 Å². The number of carbonyl (C=O) groups excluding carboxylic acids is 2. The van der Waals surface area contributed by atoms with Gasteiger partial charge in [0.15, 0.2) is 11.4 Å². The van der Waals surface area contributed by atoms with Gasteiger partial charge in [-0.15, -0.1) is 0 Å². The summed E-state index contributed by atoms with van der Waals surface area (Å²) in [7, 11) is 0. The molecule has 2 N–H and O–H groups in total. The fourth-order valence-electron chi connectivity index (χ4n) is 5.63. The van der Waals surface area contributed by atoms with E-state index in [9.17, 15) is 19.8 Å². The van der Waals surface area contributed by atoms with Crippen LogP contribution in [0.15, 0.2) is 103 Å². The Bertz CT molecular complexity index is 1720. The molecule has 0 fully saturated rings. The molecule has 7 nitrogen and oxygen atoms in total. The van der Waals surface area contributed by atoms with Crippen molar-refractivity contribution in [3.05, 3.63) is 125 Å². The van der Waals surface area contributed by atoms with Crippen molar-refractivity contribution in [1.29, 1.82) is 0 Å². The zero-order valence-electron chi connectivity index (χ0n) is 22.9. The standard InChI is InChI=1S/C34H29ClN2O5/c1-22(9-6-7-18-38)34(41)27-20-24(35)16-17-28(27)36(33(34)40)21-23-10-8-11-25(19-23)37-29-13-3-5-15-31(29)42-30-14-4-2-12-26(30)32(37)39/h2-6,8-17,19-20,22,38,41H,7,18,21H2,1H3/b9-6+/t22-,34+/m1/s1. The SMILES string of the molecule is C[C@H](/C=C/CCO)[C@@]1(O)C(=O)N(Cc2cccc(N3C(=O)c4ccccc4Oc4ccccc43)c2)c2ccc(Cl)cc21. The summed E-state index contributed by atoms with van der Waals surface area (Å²) in [5, 5.41) is 21.4. The summed E-state index contributed by atoms with van der Waals surface area (Å²) in [6.07, 6.45) is 3.91. The van der Waals surface area contributed by atoms with Crippen LogP contribution in [-0.4, -0.2) is 28.6 Å². The second-order valence-corrected chi connectivity index (χ2v) is 10.9. The summed E-state index contributed by atoms with van der Waals surface area (Å²) >= 11 is 6.31. The van der Waals surface area contributed by atoms with E-state index >= 15 is 0 Å². The number of hydrogen-bond donors (Lipinski definition) is 2. The Morgan fingerprint density at radius 2 is 1.69 bits per heavy atom. The molecule has 0 radical (unpaired) electrons. The fraction of sp³-hybridized carbons (Fsp3) is 0.176. The van der Waals surface area contributed by atoms with Crippen LogP contribution < -0.4 is 14.5 Å². The third-order valence-corrected chi connectivity index (χ3v) is 8.00. The maximum Gasteiger partial charge on any atom is 0.266 e. The number of halogens is 1. The molecule has 2 aliphatic heterocycles. The van der Waals surface area contributed by atoms with E-state index in [-0.39, 0.29) is 19.1 Å². The molecular weight excluding hydrogens is 552 g/mol. The Labute approximate surface area is 248 Å². The zero-order valence-corrected chi connectivity index (χ0v) is 23.7. The third-order valence-electron chi connectivity index (χ3n) is 7.77. The lowest BCUT2D eigenvalue weighted by atomic mass is 9.83. The molecule has 0 saturated heterocycles. The second-order valence-electron chi connectivity index (χ2n) is 10.4. The molecule has 0 aliphatic carbocycles. The largest absolute Gasteiger partial charge is 0.454 e. The van der Waals surface area contributed by atoms with E-state index in [0.29, 0.717) is 51.1 Å². The molecule has 2 aliphatic rings. The number of rotatable bonds is 7. The number of para-hydroxylation sites is 3. The first-order valence-corrected chi connectivity index (χ1v) is 14.1. The number of hydrogen-bond acceptors (Lipinski definition) is 5. The Balaban J connectivity index is 1.38. The highest BCUT2D eigenvalue weighted by atomic mass is 35.5. The van der Waals surface area contributed by atoms with Gasteiger partial charge in [0.25, 0.3) is 11.8 Å². The van der Waals surface area contributed by atoms with Gasteiger partial charge in [0.1, 0.15) is 5.75 Å². The molecule has 6 rings (SSSR count). The maximum absolute atomic E-state index is 13.9. The highest BCUT2D eigenvalue weighted by Crippen LogP contribution is 2.47. The minimum atomic E-state index is -1.83. The minimum absolute atomic E-state index is 0.0256. The zero-order chi connectivity index (χ0) is 29.4. The first kappa shape index (κ1) is 27.7. The Morgan fingerprint density at radius 1 is 0.929 bits per heavy atom. The number of aliphatic hydroxyl groups excluding tert-OH is 1. The smallest absolute Gasteiger partial charge is 0.266 e. The molecule has 4 aromatic carbocycles. The van der Waals surface area contributed by atoms with Crippen molar-refractivity contribution in [2.24, 2.45) is 5.92 Å². The lowest BCUT2D eigenvalue weighted by molar-refractivity contribution is -0.139. The molecule has 4 aromatic rings. The summed E-state index contributed by atoms with van der Waals surface area (Å²) in [4.78, 5) is 31.0. The highest BCUT2D eigenvalue weighted by molar-refractivity contribution is 6.31. The predicted molar refractivity (Wildman–Crippen MR) is 162 cm³/mol. The summed E-state index contributed by atoms with van der Waals surface area (Å²) in [5.74, 6) is -0.243. The number of ether oxygens (including phenoxy) is 1. The molecule has 0 spiro atoms. The first-order valence-electron chi connectivity index (χ1n) is 13.7. The second kappa shape index (κ2) is 11.1. The highest BCUT2D eigenvalue weighted by Gasteiger charge is 2.52. The van der Waals surface area contributed by atoms with Gasteiger partial charge in [0.2, 0.25) is 0 Å². The molecule has 0 saturated carbocycles. The van der Waals surface area contributed by atoms with Crippen LogP contribution in [0, 0.1) is 5.92 Å². The van der Waals surface area contributed by atoms with E-state index in [1.165, 1.54) is 0 Å². The number of fused-ring (bicyclic) bond motifs is 3. The molecule has 0 aromatic heterocycles. The van der Waals surface area contributed by atoms with Crippen LogP contribution >= 0.6 is 11.6 Å². The van der Waals surface area contributed by atoms with Crippen molar-refractivity contribution in [1.82, 2.24) is 0 Å². The van der Waals surface area contributed by atoms with Gasteiger partial charge in [-0.3, -0.25) is 14.5 Å². The van der Waals surface area contributed by atoms with Crippen molar-refractivity contribution in [3.8, 4) is 11.5 Å². The normalized spacial score (nSPS) is 18.4. The number of benzene rings is 4. The van der Waals surface area contributed by atoms with Gasteiger partial charge in [-0.2, -0.15) is 0 Å². The summed E-state index contributed by atoms with van der Waals surface area (Å²) in [5.41, 5.74) is 1.59. The number of anilines is 3. The third kappa shape index (κ3) is 4.65. The summed E-state index contributed by atoms with van der Waals surface area (Å²) in [6.45, 7) is 1.90. The predicted octanol–water partition coefficient (Wildman–Crippen LogP) is 6.73. The number of aliphatic hydroxyl groups is 2. The van der Waals surface area contributed by atoms with Gasteiger partial charge in [0.05, 0.1) is 23.5 Å². The van der Waals surface area contributed by atoms with Gasteiger partial charge in [0, 0.05) is 28.8 Å². The topological polar surface area (TPSA) is 90.3 Å².